The van der Waals surface area contributed by atoms with Gasteiger partial charge in [-0.3, -0.25) is 4.79 Å². The number of aryl methyl sites for hydroxylation is 1. The van der Waals surface area contributed by atoms with E-state index >= 15 is 0 Å². The van der Waals surface area contributed by atoms with E-state index in [1.165, 1.54) is 52.4 Å². The predicted octanol–water partition coefficient (Wildman–Crippen LogP) is 7.27. The van der Waals surface area contributed by atoms with E-state index in [1.54, 1.807) is 20.8 Å². The zero-order valence-electron chi connectivity index (χ0n) is 42.9. The number of rotatable bonds is 3. The van der Waals surface area contributed by atoms with Crippen molar-refractivity contribution in [3.8, 4) is 0 Å². The van der Waals surface area contributed by atoms with Crippen molar-refractivity contribution in [2.75, 3.05) is 40.8 Å². The molecule has 0 spiro atoms. The minimum Gasteiger partial charge on any atom is -0.394 e. The number of aliphatic hydroxyl groups excluding tert-OH is 1. The lowest BCUT2D eigenvalue weighted by Gasteiger charge is -2.24. The van der Waals surface area contributed by atoms with E-state index in [2.05, 4.69) is 111 Å². The fourth-order valence-corrected chi connectivity index (χ4v) is 2.36. The second kappa shape index (κ2) is 147. The lowest BCUT2D eigenvalue weighted by molar-refractivity contribution is -0.129. The summed E-state index contributed by atoms with van der Waals surface area (Å²) in [5, 5.41) is 8.06. The molecule has 19 N–H and O–H groups in total. The molecule has 1 aromatic rings. The van der Waals surface area contributed by atoms with E-state index in [9.17, 15) is 4.79 Å². The lowest BCUT2D eigenvalue weighted by Crippen LogP contribution is -2.33. The van der Waals surface area contributed by atoms with E-state index in [1.807, 2.05) is 65.4 Å². The molecule has 0 aliphatic carbocycles. The zero-order valence-corrected chi connectivity index (χ0v) is 42.9. The van der Waals surface area contributed by atoms with Gasteiger partial charge in [-0.2, -0.15) is 0 Å². The first-order chi connectivity index (χ1) is 27.0. The van der Waals surface area contributed by atoms with Crippen LogP contribution in [0.2, 0.25) is 0 Å². The number of aliphatic hydroxyl groups is 1. The van der Waals surface area contributed by atoms with Gasteiger partial charge < -0.3 is 90.1 Å². The molecule has 2 rings (SSSR count). The summed E-state index contributed by atoms with van der Waals surface area (Å²) < 4.78 is 5.23. The minimum absolute atomic E-state index is 0. The first kappa shape index (κ1) is 118. The predicted molar refractivity (Wildman–Crippen MR) is 267 cm³/mol. The fraction of sp³-hybridized carbons (Fsp3) is 0.674. The minimum atomic E-state index is -0.167. The van der Waals surface area contributed by atoms with Crippen molar-refractivity contribution in [3.05, 3.63) is 35.9 Å². The molecule has 0 unspecified atom stereocenters. The van der Waals surface area contributed by atoms with Crippen LogP contribution in [0.4, 0.5) is 0 Å². The highest BCUT2D eigenvalue weighted by molar-refractivity contribution is 5.73. The van der Waals surface area contributed by atoms with Crippen LogP contribution in [0.5, 0.6) is 0 Å². The summed E-state index contributed by atoms with van der Waals surface area (Å²) >= 11 is 0. The molecule has 0 radical (unpaired) electrons. The maximum Gasteiger partial charge on any atom is 0.219 e. The number of benzene rings is 1. The van der Waals surface area contributed by atoms with E-state index in [-0.39, 0.29) is 42.2 Å². The number of nitrogens with zero attached hydrogens (tertiary/aromatic N) is 1. The molecule has 18 nitrogen and oxygen atoms in total. The van der Waals surface area contributed by atoms with Crippen molar-refractivity contribution >= 4 is 53.4 Å². The third-order valence-corrected chi connectivity index (χ3v) is 4.45. The van der Waals surface area contributed by atoms with Crippen LogP contribution in [-0.4, -0.2) is 116 Å². The summed E-state index contributed by atoms with van der Waals surface area (Å²) in [5.74, 6) is 1.95. The van der Waals surface area contributed by atoms with Crippen molar-refractivity contribution in [2.45, 2.75) is 141 Å². The Morgan fingerprint density at radius 3 is 0.951 bits per heavy atom. The molecule has 1 amide bonds. The van der Waals surface area contributed by atoms with E-state index in [0.717, 1.165) is 38.0 Å². The Kier molecular flexibility index (Phi) is 282. The topological polar surface area (TPSA) is 387 Å². The molecule has 61 heavy (non-hydrogen) atoms. The number of nitrogens with two attached hydrogens (primary N) is 3. The van der Waals surface area contributed by atoms with Crippen LogP contribution in [0, 0.1) is 11.8 Å². The average Bonchev–Trinajstić information content (AvgIpc) is 3.25. The third-order valence-electron chi connectivity index (χ3n) is 4.45. The van der Waals surface area contributed by atoms with Crippen LogP contribution in [0.15, 0.2) is 30.3 Å². The van der Waals surface area contributed by atoms with Crippen LogP contribution in [0.1, 0.15) is 128 Å². The van der Waals surface area contributed by atoms with Crippen molar-refractivity contribution in [1.82, 2.24) is 29.5 Å². The Labute approximate surface area is 377 Å². The molecule has 0 aromatic heterocycles. The number of likely N-dealkylation sites (tertiary alicyclic amines) is 1. The molecule has 0 atom stereocenters. The summed E-state index contributed by atoms with van der Waals surface area (Å²) in [4.78, 5) is 68.6. The van der Waals surface area contributed by atoms with Crippen LogP contribution < -0.4 is 41.8 Å². The van der Waals surface area contributed by atoms with Crippen molar-refractivity contribution in [3.63, 3.8) is 0 Å². The largest absolute Gasteiger partial charge is 0.394 e. The lowest BCUT2D eigenvalue weighted by atomic mass is 10.1. The molecule has 18 heteroatoms. The Balaban J connectivity index is -0.0000000210. The van der Waals surface area contributed by atoms with Gasteiger partial charge in [0, 0.05) is 32.7 Å². The molecule has 1 aliphatic rings. The highest BCUT2D eigenvalue weighted by atomic mass is 16.5. The van der Waals surface area contributed by atoms with Gasteiger partial charge in [-0.05, 0) is 106 Å². The van der Waals surface area contributed by atoms with Crippen LogP contribution >= 0.6 is 0 Å². The monoisotopic (exact) mass is 897 g/mol. The Morgan fingerprint density at radius 2 is 0.852 bits per heavy atom. The third kappa shape index (κ3) is 283. The van der Waals surface area contributed by atoms with Crippen LogP contribution in [0.25, 0.3) is 0 Å². The summed E-state index contributed by atoms with van der Waals surface area (Å²) in [6.45, 7) is 45.3. The fourth-order valence-electron chi connectivity index (χ4n) is 2.36. The quantitative estimate of drug-likeness (QED) is 0.148. The average molecular weight is 897 g/mol. The second-order valence-corrected chi connectivity index (χ2v) is 11.6. The number of amides is 1. The number of carbonyl (C=O) groups excluding carboxylic acids is 8. The Morgan fingerprint density at radius 1 is 0.623 bits per heavy atom. The molecule has 1 saturated heterocycles. The van der Waals surface area contributed by atoms with E-state index in [4.69, 9.17) is 43.4 Å². The maximum absolute atomic E-state index is 10.7. The number of piperidine rings is 1. The SMILES string of the molecule is C=O.C=O.C=O.C=O.C=O.C=O.C=O.CC(=O)N1CCCCC1.CC(C)C.CC(C)O.CCC(C)C.CCOC(C)(C)C.CCc1ccccc1.CN.CN.CN.N.N.N.N. The normalized spacial score (nSPS) is 8.23. The highest BCUT2D eigenvalue weighted by Gasteiger charge is 2.11. The molecule has 1 aromatic carbocycles. The number of hydrogen-bond acceptors (Lipinski definition) is 17. The summed E-state index contributed by atoms with van der Waals surface area (Å²) in [6.07, 6.45) is 5.96. The van der Waals surface area contributed by atoms with E-state index < -0.39 is 0 Å². The maximum atomic E-state index is 10.7. The molecule has 380 valence electrons. The molecule has 1 heterocycles. The molecule has 1 fully saturated rings. The van der Waals surface area contributed by atoms with Gasteiger partial charge in [-0.25, -0.2) is 0 Å². The molecular formula is C43H108N8O10. The van der Waals surface area contributed by atoms with Gasteiger partial charge in [0.1, 0.15) is 47.5 Å². The van der Waals surface area contributed by atoms with Gasteiger partial charge in [-0.15, -0.1) is 0 Å². The Bertz CT molecular complexity index is 676. The van der Waals surface area contributed by atoms with Gasteiger partial charge in [0.2, 0.25) is 5.91 Å². The highest BCUT2D eigenvalue weighted by Crippen LogP contribution is 2.07. The van der Waals surface area contributed by atoms with Gasteiger partial charge in [-0.1, -0.05) is 85.2 Å². The second-order valence-electron chi connectivity index (χ2n) is 11.6. The summed E-state index contributed by atoms with van der Waals surface area (Å²) in [5.41, 5.74) is 15.0. The number of ether oxygens (including phenoxy) is 1. The first-order valence-electron chi connectivity index (χ1n) is 18.4. The summed E-state index contributed by atoms with van der Waals surface area (Å²) in [7, 11) is 4.50. The van der Waals surface area contributed by atoms with Crippen LogP contribution in [-0.2, 0) is 49.5 Å². The number of carbonyl (C=O) groups is 8. The van der Waals surface area contributed by atoms with Gasteiger partial charge in [0.15, 0.2) is 0 Å². The number of hydrogen-bond donors (Lipinski definition) is 8. The van der Waals surface area contributed by atoms with Gasteiger partial charge in [0.25, 0.3) is 0 Å². The smallest absolute Gasteiger partial charge is 0.219 e. The standard InChI is InChI=1S/C8H10.C7H13NO.C6H14O.C5H12.C4H10.C3H8O.3CH5N.7CH2O.4H3N/c1-2-8-6-4-3-5-7-8;1-7(9)8-5-3-2-4-6-8;1-5-7-6(2,3)4;1-4-5(2)3;1-4(2)3;1-3(2)4;10*1-2;;;;/h3-7H,2H2,1H3;2-6H2,1H3;5H2,1-4H3;5H,4H2,1-3H3;4H,1-3H3;3-4H,1-2H3;3*2H2,1H3;7*1H2;4*1H3. The molecule has 0 saturated carbocycles. The Hall–Kier alpha value is -3.98. The molecular weight excluding hydrogens is 789 g/mol. The van der Waals surface area contributed by atoms with Crippen molar-refractivity contribution in [2.24, 2.45) is 29.0 Å². The molecule has 1 aliphatic heterocycles. The van der Waals surface area contributed by atoms with E-state index in [0.29, 0.717) is 0 Å². The zero-order chi connectivity index (χ0) is 49.9. The van der Waals surface area contributed by atoms with Crippen molar-refractivity contribution < 1.29 is 48.2 Å². The van der Waals surface area contributed by atoms with Crippen molar-refractivity contribution in [1.29, 1.82) is 0 Å². The molecule has 0 bridgehead atoms. The van der Waals surface area contributed by atoms with Crippen LogP contribution in [0.3, 0.4) is 0 Å². The summed E-state index contributed by atoms with van der Waals surface area (Å²) in [6, 6.07) is 10.5. The van der Waals surface area contributed by atoms with Gasteiger partial charge in [0.05, 0.1) is 5.60 Å². The van der Waals surface area contributed by atoms with Gasteiger partial charge >= 0.3 is 0 Å². The first-order valence-corrected chi connectivity index (χ1v) is 18.4.